The first-order chi connectivity index (χ1) is 13.1. The van der Waals surface area contributed by atoms with Crippen molar-refractivity contribution in [3.63, 3.8) is 0 Å². The molecule has 0 aliphatic heterocycles. The van der Waals surface area contributed by atoms with Crippen molar-refractivity contribution in [2.45, 2.75) is 20.3 Å². The molecule has 0 fully saturated rings. The van der Waals surface area contributed by atoms with Crippen LogP contribution in [0.2, 0.25) is 0 Å². The van der Waals surface area contributed by atoms with Gasteiger partial charge >= 0.3 is 5.97 Å². The Kier molecular flexibility index (Phi) is 8.10. The Morgan fingerprint density at radius 2 is 1.81 bits per heavy atom. The van der Waals surface area contributed by atoms with Crippen LogP contribution in [0.3, 0.4) is 0 Å². The third-order valence-corrected chi connectivity index (χ3v) is 3.94. The summed E-state index contributed by atoms with van der Waals surface area (Å²) in [5.74, 6) is -0.201. The van der Waals surface area contributed by atoms with Gasteiger partial charge in [0.15, 0.2) is 6.61 Å². The second-order valence-electron chi connectivity index (χ2n) is 5.94. The van der Waals surface area contributed by atoms with Crippen LogP contribution in [0, 0.1) is 6.92 Å². The molecule has 1 amide bonds. The van der Waals surface area contributed by atoms with Crippen LogP contribution in [-0.4, -0.2) is 31.6 Å². The molecule has 0 aliphatic rings. The van der Waals surface area contributed by atoms with Crippen LogP contribution < -0.4 is 10.1 Å². The van der Waals surface area contributed by atoms with Gasteiger partial charge in [0.25, 0.3) is 5.91 Å². The maximum absolute atomic E-state index is 11.8. The van der Waals surface area contributed by atoms with E-state index in [9.17, 15) is 9.59 Å². The Bertz CT molecular complexity index is 798. The summed E-state index contributed by atoms with van der Waals surface area (Å²) in [5, 5.41) is 2.75. The van der Waals surface area contributed by atoms with E-state index in [1.54, 1.807) is 6.08 Å². The number of carbonyl (C=O) groups is 2. The van der Waals surface area contributed by atoms with Crippen molar-refractivity contribution in [1.29, 1.82) is 0 Å². The van der Waals surface area contributed by atoms with Gasteiger partial charge in [0.05, 0.1) is 6.61 Å². The van der Waals surface area contributed by atoms with Crippen molar-refractivity contribution < 1.29 is 19.1 Å². The number of carbonyl (C=O) groups excluding carboxylic acids is 2. The van der Waals surface area contributed by atoms with Gasteiger partial charge in [-0.25, -0.2) is 4.79 Å². The number of hydrogen-bond acceptors (Lipinski definition) is 4. The minimum absolute atomic E-state index is 0.302. The van der Waals surface area contributed by atoms with Crippen LogP contribution in [0.25, 0.3) is 6.08 Å². The number of ether oxygens (including phenoxy) is 2. The molecule has 0 atom stereocenters. The Morgan fingerprint density at radius 3 is 2.59 bits per heavy atom. The predicted molar refractivity (Wildman–Crippen MR) is 105 cm³/mol. The molecule has 5 nitrogen and oxygen atoms in total. The first kappa shape index (κ1) is 20.2. The minimum Gasteiger partial charge on any atom is -0.493 e. The number of benzene rings is 2. The molecule has 2 aromatic carbocycles. The molecule has 2 aromatic rings. The standard InChI is InChI=1S/C22H25NO4/c1-3-26-20-11-7-6-10-19(20)12-13-22(25)27-16-21(24)23-15-14-18-9-5-4-8-17(18)2/h4-13H,3,14-16H2,1-2H3,(H,23,24)/b13-12+. The van der Waals surface area contributed by atoms with E-state index in [0.29, 0.717) is 18.9 Å². The average Bonchev–Trinajstić information content (AvgIpc) is 2.67. The Hall–Kier alpha value is -3.08. The van der Waals surface area contributed by atoms with Gasteiger partial charge in [0.2, 0.25) is 0 Å². The fourth-order valence-corrected chi connectivity index (χ4v) is 2.53. The van der Waals surface area contributed by atoms with Crippen molar-refractivity contribution in [3.05, 3.63) is 71.3 Å². The number of para-hydroxylation sites is 1. The summed E-state index contributed by atoms with van der Waals surface area (Å²) in [6, 6.07) is 15.4. The van der Waals surface area contributed by atoms with E-state index in [0.717, 1.165) is 12.0 Å². The van der Waals surface area contributed by atoms with E-state index in [1.807, 2.05) is 62.4 Å². The van der Waals surface area contributed by atoms with Crippen LogP contribution in [0.1, 0.15) is 23.6 Å². The maximum Gasteiger partial charge on any atom is 0.331 e. The molecule has 0 saturated heterocycles. The first-order valence-corrected chi connectivity index (χ1v) is 8.98. The van der Waals surface area contributed by atoms with Crippen LogP contribution in [0.4, 0.5) is 0 Å². The smallest absolute Gasteiger partial charge is 0.331 e. The van der Waals surface area contributed by atoms with E-state index in [2.05, 4.69) is 5.32 Å². The summed E-state index contributed by atoms with van der Waals surface area (Å²) < 4.78 is 10.5. The molecule has 0 unspecified atom stereocenters. The highest BCUT2D eigenvalue weighted by molar-refractivity contribution is 5.89. The van der Waals surface area contributed by atoms with Gasteiger partial charge in [-0.1, -0.05) is 42.5 Å². The number of esters is 1. The molecule has 0 aromatic heterocycles. The van der Waals surface area contributed by atoms with Crippen LogP contribution in [-0.2, 0) is 20.7 Å². The fourth-order valence-electron chi connectivity index (χ4n) is 2.53. The minimum atomic E-state index is -0.574. The van der Waals surface area contributed by atoms with Gasteiger partial charge in [-0.05, 0) is 43.5 Å². The zero-order valence-corrected chi connectivity index (χ0v) is 15.7. The van der Waals surface area contributed by atoms with Crippen LogP contribution in [0.15, 0.2) is 54.6 Å². The van der Waals surface area contributed by atoms with E-state index < -0.39 is 5.97 Å². The SMILES string of the molecule is CCOc1ccccc1/C=C/C(=O)OCC(=O)NCCc1ccccc1C. The molecule has 1 N–H and O–H groups in total. The first-order valence-electron chi connectivity index (χ1n) is 8.98. The highest BCUT2D eigenvalue weighted by Gasteiger charge is 2.06. The van der Waals surface area contributed by atoms with Crippen molar-refractivity contribution in [2.24, 2.45) is 0 Å². The topological polar surface area (TPSA) is 64.6 Å². The molecule has 0 heterocycles. The average molecular weight is 367 g/mol. The lowest BCUT2D eigenvalue weighted by molar-refractivity contribution is -0.143. The van der Waals surface area contributed by atoms with Crippen molar-refractivity contribution in [1.82, 2.24) is 5.32 Å². The Morgan fingerprint density at radius 1 is 1.07 bits per heavy atom. The van der Waals surface area contributed by atoms with E-state index in [1.165, 1.54) is 17.2 Å². The van der Waals surface area contributed by atoms with Gasteiger partial charge in [0, 0.05) is 18.2 Å². The molecule has 0 radical (unpaired) electrons. The summed E-state index contributed by atoms with van der Waals surface area (Å²) >= 11 is 0. The molecular formula is C22H25NO4. The van der Waals surface area contributed by atoms with Crippen molar-refractivity contribution in [2.75, 3.05) is 19.8 Å². The lowest BCUT2D eigenvalue weighted by atomic mass is 10.1. The van der Waals surface area contributed by atoms with Gasteiger partial charge < -0.3 is 14.8 Å². The molecular weight excluding hydrogens is 342 g/mol. The zero-order valence-electron chi connectivity index (χ0n) is 15.7. The molecule has 5 heteroatoms. The number of rotatable bonds is 9. The molecule has 0 bridgehead atoms. The predicted octanol–water partition coefficient (Wildman–Crippen LogP) is 3.31. The second-order valence-corrected chi connectivity index (χ2v) is 5.94. The van der Waals surface area contributed by atoms with Gasteiger partial charge in [-0.3, -0.25) is 4.79 Å². The van der Waals surface area contributed by atoms with Crippen molar-refractivity contribution in [3.8, 4) is 5.75 Å². The molecule has 0 saturated carbocycles. The van der Waals surface area contributed by atoms with E-state index in [4.69, 9.17) is 9.47 Å². The largest absolute Gasteiger partial charge is 0.493 e. The zero-order chi connectivity index (χ0) is 19.5. The highest BCUT2D eigenvalue weighted by Crippen LogP contribution is 2.19. The summed E-state index contributed by atoms with van der Waals surface area (Å²) in [5.41, 5.74) is 3.15. The Balaban J connectivity index is 1.73. The number of hydrogen-bond donors (Lipinski definition) is 1. The lowest BCUT2D eigenvalue weighted by Crippen LogP contribution is -2.30. The molecule has 0 aliphatic carbocycles. The molecule has 2 rings (SSSR count). The lowest BCUT2D eigenvalue weighted by Gasteiger charge is -2.08. The van der Waals surface area contributed by atoms with Crippen molar-refractivity contribution >= 4 is 18.0 Å². The fraction of sp³-hybridized carbons (Fsp3) is 0.273. The number of aryl methyl sites for hydroxylation is 1. The quantitative estimate of drug-likeness (QED) is 0.545. The molecule has 142 valence electrons. The normalized spacial score (nSPS) is 10.6. The Labute approximate surface area is 160 Å². The summed E-state index contributed by atoms with van der Waals surface area (Å²) in [6.07, 6.45) is 3.64. The molecule has 0 spiro atoms. The highest BCUT2D eigenvalue weighted by atomic mass is 16.5. The second kappa shape index (κ2) is 10.8. The third-order valence-electron chi connectivity index (χ3n) is 3.94. The number of amides is 1. The van der Waals surface area contributed by atoms with Crippen LogP contribution in [0.5, 0.6) is 5.75 Å². The van der Waals surface area contributed by atoms with Crippen LogP contribution >= 0.6 is 0 Å². The third kappa shape index (κ3) is 6.98. The van der Waals surface area contributed by atoms with E-state index >= 15 is 0 Å². The summed E-state index contributed by atoms with van der Waals surface area (Å²) in [7, 11) is 0. The number of nitrogens with one attached hydrogen (secondary N) is 1. The summed E-state index contributed by atoms with van der Waals surface area (Å²) in [4.78, 5) is 23.6. The van der Waals surface area contributed by atoms with Gasteiger partial charge in [-0.2, -0.15) is 0 Å². The molecule has 27 heavy (non-hydrogen) atoms. The van der Waals surface area contributed by atoms with Gasteiger partial charge in [0.1, 0.15) is 5.75 Å². The maximum atomic E-state index is 11.8. The monoisotopic (exact) mass is 367 g/mol. The van der Waals surface area contributed by atoms with E-state index in [-0.39, 0.29) is 12.5 Å². The summed E-state index contributed by atoms with van der Waals surface area (Å²) in [6.45, 7) is 4.67. The van der Waals surface area contributed by atoms with Gasteiger partial charge in [-0.15, -0.1) is 0 Å².